The molecule has 188 valence electrons. The van der Waals surface area contributed by atoms with Crippen molar-refractivity contribution in [3.8, 4) is 0 Å². The van der Waals surface area contributed by atoms with Crippen LogP contribution in [0.1, 0.15) is 22.8 Å². The Morgan fingerprint density at radius 1 is 1.03 bits per heavy atom. The van der Waals surface area contributed by atoms with Gasteiger partial charge in [-0.05, 0) is 73.1 Å². The zero-order chi connectivity index (χ0) is 25.9. The molecule has 3 aromatic rings. The molecule has 0 N–H and O–H groups in total. The molecule has 3 aromatic carbocycles. The van der Waals surface area contributed by atoms with Crippen LogP contribution in [-0.4, -0.2) is 42.1 Å². The van der Waals surface area contributed by atoms with Crippen molar-refractivity contribution < 1.29 is 14.3 Å². The molecule has 5 rings (SSSR count). The first-order chi connectivity index (χ1) is 17.9. The Kier molecular flexibility index (Phi) is 7.60. The van der Waals surface area contributed by atoms with E-state index in [2.05, 4.69) is 12.1 Å². The summed E-state index contributed by atoms with van der Waals surface area (Å²) in [6, 6.07) is 22.7. The number of carbonyl (C=O) groups is 2. The molecule has 0 saturated carbocycles. The van der Waals surface area contributed by atoms with E-state index in [-0.39, 0.29) is 11.9 Å². The minimum absolute atomic E-state index is 0.0731. The largest absolute Gasteiger partial charge is 0.462 e. The summed E-state index contributed by atoms with van der Waals surface area (Å²) < 4.78 is 5.07. The van der Waals surface area contributed by atoms with Crippen LogP contribution in [0.15, 0.2) is 92.6 Å². The number of rotatable bonds is 6. The maximum atomic E-state index is 13.7. The highest BCUT2D eigenvalue weighted by molar-refractivity contribution is 8.19. The van der Waals surface area contributed by atoms with E-state index in [1.165, 1.54) is 11.8 Å². The van der Waals surface area contributed by atoms with E-state index in [4.69, 9.17) is 21.3 Å². The van der Waals surface area contributed by atoms with Gasteiger partial charge in [-0.15, -0.1) is 0 Å². The van der Waals surface area contributed by atoms with E-state index in [1.54, 1.807) is 47.9 Å². The Balaban J connectivity index is 1.47. The van der Waals surface area contributed by atoms with Gasteiger partial charge in [0.2, 0.25) is 0 Å². The summed E-state index contributed by atoms with van der Waals surface area (Å²) in [5.41, 5.74) is 3.24. The maximum Gasteiger partial charge on any atom is 0.338 e. The van der Waals surface area contributed by atoms with E-state index in [0.717, 1.165) is 21.2 Å². The fourth-order valence-corrected chi connectivity index (χ4v) is 6.53. The fourth-order valence-electron chi connectivity index (χ4n) is 4.02. The number of carbonyl (C=O) groups excluding carboxylic acids is 2. The van der Waals surface area contributed by atoms with E-state index in [1.807, 2.05) is 48.3 Å². The molecular weight excluding hydrogens is 526 g/mol. The number of amidine groups is 1. The molecule has 0 aliphatic carbocycles. The third kappa shape index (κ3) is 5.42. The van der Waals surface area contributed by atoms with Crippen LogP contribution in [0.2, 0.25) is 5.02 Å². The van der Waals surface area contributed by atoms with Gasteiger partial charge in [-0.1, -0.05) is 53.7 Å². The number of hydrogen-bond acceptors (Lipinski definition) is 7. The van der Waals surface area contributed by atoms with Crippen LogP contribution < -0.4 is 4.90 Å². The van der Waals surface area contributed by atoms with Crippen molar-refractivity contribution in [2.45, 2.75) is 18.2 Å². The molecule has 2 aliphatic heterocycles. The highest BCUT2D eigenvalue weighted by Gasteiger charge is 2.39. The first-order valence-electron chi connectivity index (χ1n) is 11.8. The van der Waals surface area contributed by atoms with Gasteiger partial charge in [-0.2, -0.15) is 0 Å². The number of benzene rings is 3. The molecule has 2 heterocycles. The van der Waals surface area contributed by atoms with Gasteiger partial charge in [0.15, 0.2) is 5.17 Å². The molecule has 0 bridgehead atoms. The van der Waals surface area contributed by atoms with E-state index >= 15 is 0 Å². The first-order valence-corrected chi connectivity index (χ1v) is 13.8. The van der Waals surface area contributed by atoms with Gasteiger partial charge in [-0.25, -0.2) is 9.79 Å². The Morgan fingerprint density at radius 2 is 1.78 bits per heavy atom. The number of fused-ring (bicyclic) bond motifs is 1. The molecule has 37 heavy (non-hydrogen) atoms. The summed E-state index contributed by atoms with van der Waals surface area (Å²) in [5, 5.41) is 2.12. The van der Waals surface area contributed by atoms with Crippen molar-refractivity contribution in [1.29, 1.82) is 0 Å². The van der Waals surface area contributed by atoms with Crippen LogP contribution in [0.5, 0.6) is 0 Å². The van der Waals surface area contributed by atoms with Crippen LogP contribution in [0.4, 0.5) is 11.4 Å². The van der Waals surface area contributed by atoms with Crippen molar-refractivity contribution in [1.82, 2.24) is 4.90 Å². The zero-order valence-electron chi connectivity index (χ0n) is 20.3. The zero-order valence-corrected chi connectivity index (χ0v) is 22.7. The van der Waals surface area contributed by atoms with Gasteiger partial charge in [0.1, 0.15) is 4.91 Å². The molecule has 2 aliphatic rings. The highest BCUT2D eigenvalue weighted by atomic mass is 35.5. The lowest BCUT2D eigenvalue weighted by molar-refractivity contribution is -0.122. The summed E-state index contributed by atoms with van der Waals surface area (Å²) in [7, 11) is 1.95. The van der Waals surface area contributed by atoms with Gasteiger partial charge in [0.05, 0.1) is 28.6 Å². The second kappa shape index (κ2) is 11.0. The third-order valence-electron chi connectivity index (χ3n) is 5.92. The number of nitrogens with zero attached hydrogens (tertiary/aromatic N) is 3. The molecule has 1 saturated heterocycles. The number of esters is 1. The van der Waals surface area contributed by atoms with Crippen molar-refractivity contribution in [2.75, 3.05) is 25.1 Å². The molecule has 0 radical (unpaired) electrons. The number of halogens is 1. The molecule has 1 amide bonds. The maximum absolute atomic E-state index is 13.7. The molecule has 9 heteroatoms. The lowest BCUT2D eigenvalue weighted by Crippen LogP contribution is -2.31. The summed E-state index contributed by atoms with van der Waals surface area (Å²) >= 11 is 9.16. The normalized spacial score (nSPS) is 18.0. The van der Waals surface area contributed by atoms with Crippen molar-refractivity contribution in [3.63, 3.8) is 0 Å². The average Bonchev–Trinajstić information content (AvgIpc) is 3.39. The van der Waals surface area contributed by atoms with Gasteiger partial charge < -0.3 is 9.64 Å². The fraction of sp³-hybridized carbons (Fsp3) is 0.179. The molecule has 0 unspecified atom stereocenters. The van der Waals surface area contributed by atoms with Gasteiger partial charge in [-0.3, -0.25) is 9.69 Å². The number of thioether (sulfide) groups is 2. The van der Waals surface area contributed by atoms with E-state index < -0.39 is 0 Å². The summed E-state index contributed by atoms with van der Waals surface area (Å²) in [4.78, 5) is 36.0. The lowest BCUT2D eigenvalue weighted by Gasteiger charge is -2.17. The van der Waals surface area contributed by atoms with E-state index in [0.29, 0.717) is 45.9 Å². The Morgan fingerprint density at radius 3 is 2.51 bits per heavy atom. The number of ether oxygens (including phenoxy) is 1. The summed E-state index contributed by atoms with van der Waals surface area (Å²) in [6.45, 7) is 2.59. The Labute approximate surface area is 229 Å². The third-order valence-corrected chi connectivity index (χ3v) is 8.59. The molecule has 0 atom stereocenters. The van der Waals surface area contributed by atoms with Crippen molar-refractivity contribution >= 4 is 63.5 Å². The topological polar surface area (TPSA) is 62.2 Å². The predicted molar refractivity (Wildman–Crippen MR) is 152 cm³/mol. The molecule has 0 spiro atoms. The van der Waals surface area contributed by atoms with Gasteiger partial charge in [0.25, 0.3) is 5.91 Å². The van der Waals surface area contributed by atoms with Crippen LogP contribution in [-0.2, 0) is 16.0 Å². The molecule has 0 aromatic heterocycles. The SMILES string of the molecule is CCOC(=O)c1ccc(N=C2S/C(=C3\Sc4ccc(Cl)cc4N3C)C(=O)N2CCc2ccccc2)cc1. The minimum Gasteiger partial charge on any atom is -0.462 e. The number of hydrogen-bond donors (Lipinski definition) is 0. The standard InChI is InChI=1S/C28H24ClN3O3S2/c1-3-35-27(34)19-9-12-21(13-10-19)30-28-32(16-15-18-7-5-4-6-8-18)25(33)24(37-28)26-31(2)22-17-20(29)11-14-23(22)36-26/h4-14,17H,3,15-16H2,1-2H3/b26-24-,30-28?. The first kappa shape index (κ1) is 25.4. The average molecular weight is 550 g/mol. The summed E-state index contributed by atoms with van der Waals surface area (Å²) in [5.74, 6) is -0.444. The second-order valence-corrected chi connectivity index (χ2v) is 10.8. The van der Waals surface area contributed by atoms with Crippen LogP contribution in [0.25, 0.3) is 0 Å². The number of anilines is 1. The predicted octanol–water partition coefficient (Wildman–Crippen LogP) is 6.73. The number of amides is 1. The van der Waals surface area contributed by atoms with Crippen LogP contribution in [0, 0.1) is 0 Å². The van der Waals surface area contributed by atoms with Crippen LogP contribution >= 0.6 is 35.1 Å². The quantitative estimate of drug-likeness (QED) is 0.251. The van der Waals surface area contributed by atoms with E-state index in [9.17, 15) is 9.59 Å². The summed E-state index contributed by atoms with van der Waals surface area (Å²) in [6.07, 6.45) is 0.704. The second-order valence-electron chi connectivity index (χ2n) is 8.36. The molecule has 1 fully saturated rings. The van der Waals surface area contributed by atoms with Crippen LogP contribution in [0.3, 0.4) is 0 Å². The Hall–Kier alpha value is -3.20. The number of aliphatic imine (C=N–C) groups is 1. The lowest BCUT2D eigenvalue weighted by atomic mass is 10.1. The monoisotopic (exact) mass is 549 g/mol. The van der Waals surface area contributed by atoms with Gasteiger partial charge in [0, 0.05) is 23.5 Å². The molecule has 6 nitrogen and oxygen atoms in total. The Bertz CT molecular complexity index is 1410. The minimum atomic E-state index is -0.371. The smallest absolute Gasteiger partial charge is 0.338 e. The van der Waals surface area contributed by atoms with Crippen molar-refractivity contribution in [2.24, 2.45) is 4.99 Å². The van der Waals surface area contributed by atoms with Crippen molar-refractivity contribution in [3.05, 3.63) is 98.9 Å². The highest BCUT2D eigenvalue weighted by Crippen LogP contribution is 2.50. The molecular formula is C28H24ClN3O3S2. The van der Waals surface area contributed by atoms with Gasteiger partial charge >= 0.3 is 5.97 Å².